The van der Waals surface area contributed by atoms with Crippen molar-refractivity contribution in [1.29, 1.82) is 0 Å². The fourth-order valence-electron chi connectivity index (χ4n) is 3.39. The van der Waals surface area contributed by atoms with Crippen LogP contribution in [-0.4, -0.2) is 31.9 Å². The number of rotatable bonds is 5. The van der Waals surface area contributed by atoms with Gasteiger partial charge in [-0.15, -0.1) is 5.10 Å². The molecule has 3 aromatic rings. The SMILES string of the molecule is Cc1ccc(-n2nnnc2SCC(=O)N[C@@H]2CCCc3ccccc32)cc1. The van der Waals surface area contributed by atoms with E-state index < -0.39 is 0 Å². The first-order valence-electron chi connectivity index (χ1n) is 9.06. The molecule has 0 saturated heterocycles. The Balaban J connectivity index is 1.40. The van der Waals surface area contributed by atoms with E-state index in [4.69, 9.17) is 0 Å². The second-order valence-corrected chi connectivity index (χ2v) is 7.65. The molecule has 0 aliphatic heterocycles. The number of hydrogen-bond acceptors (Lipinski definition) is 5. The zero-order valence-electron chi connectivity index (χ0n) is 15.1. The molecule has 1 aliphatic carbocycles. The Morgan fingerprint density at radius 2 is 2.04 bits per heavy atom. The van der Waals surface area contributed by atoms with E-state index in [9.17, 15) is 4.79 Å². The molecule has 0 spiro atoms. The zero-order valence-corrected chi connectivity index (χ0v) is 15.9. The minimum absolute atomic E-state index is 0.000147. The van der Waals surface area contributed by atoms with E-state index in [1.54, 1.807) is 4.68 Å². The van der Waals surface area contributed by atoms with Gasteiger partial charge in [-0.1, -0.05) is 53.7 Å². The van der Waals surface area contributed by atoms with Gasteiger partial charge >= 0.3 is 0 Å². The average molecular weight is 379 g/mol. The molecular weight excluding hydrogens is 358 g/mol. The molecule has 2 aromatic carbocycles. The first-order valence-corrected chi connectivity index (χ1v) is 10.0. The third kappa shape index (κ3) is 4.03. The molecule has 0 saturated carbocycles. The lowest BCUT2D eigenvalue weighted by atomic mass is 9.88. The highest BCUT2D eigenvalue weighted by Crippen LogP contribution is 2.29. The monoisotopic (exact) mass is 379 g/mol. The summed E-state index contributed by atoms with van der Waals surface area (Å²) in [6.45, 7) is 2.03. The molecule has 1 heterocycles. The van der Waals surface area contributed by atoms with Crippen molar-refractivity contribution in [3.8, 4) is 5.69 Å². The van der Waals surface area contributed by atoms with Gasteiger partial charge in [-0.3, -0.25) is 4.79 Å². The van der Waals surface area contributed by atoms with Crippen LogP contribution in [0.5, 0.6) is 0 Å². The minimum Gasteiger partial charge on any atom is -0.349 e. The van der Waals surface area contributed by atoms with Crippen LogP contribution in [0.25, 0.3) is 5.69 Å². The second kappa shape index (κ2) is 7.92. The smallest absolute Gasteiger partial charge is 0.230 e. The van der Waals surface area contributed by atoms with Crippen LogP contribution in [0.2, 0.25) is 0 Å². The number of nitrogens with zero attached hydrogens (tertiary/aromatic N) is 4. The predicted octanol–water partition coefficient (Wildman–Crippen LogP) is 3.26. The molecule has 0 fully saturated rings. The maximum absolute atomic E-state index is 12.5. The summed E-state index contributed by atoms with van der Waals surface area (Å²) in [4.78, 5) is 12.5. The highest BCUT2D eigenvalue weighted by molar-refractivity contribution is 7.99. The van der Waals surface area contributed by atoms with Crippen LogP contribution in [0.3, 0.4) is 0 Å². The number of carbonyl (C=O) groups is 1. The lowest BCUT2D eigenvalue weighted by molar-refractivity contribution is -0.119. The van der Waals surface area contributed by atoms with Crippen molar-refractivity contribution in [3.63, 3.8) is 0 Å². The number of amides is 1. The van der Waals surface area contributed by atoms with E-state index in [0.29, 0.717) is 5.16 Å². The molecule has 1 aliphatic rings. The van der Waals surface area contributed by atoms with Crippen molar-refractivity contribution in [1.82, 2.24) is 25.5 Å². The minimum atomic E-state index is 0.000147. The Hall–Kier alpha value is -2.67. The third-order valence-corrected chi connectivity index (χ3v) is 5.68. The number of hydrogen-bond donors (Lipinski definition) is 1. The van der Waals surface area contributed by atoms with Crippen molar-refractivity contribution in [3.05, 3.63) is 65.2 Å². The van der Waals surface area contributed by atoms with E-state index in [1.807, 2.05) is 37.3 Å². The summed E-state index contributed by atoms with van der Waals surface area (Å²) < 4.78 is 1.66. The summed E-state index contributed by atoms with van der Waals surface area (Å²) in [5.74, 6) is 0.283. The van der Waals surface area contributed by atoms with E-state index in [2.05, 4.69) is 39.0 Å². The van der Waals surface area contributed by atoms with Crippen molar-refractivity contribution < 1.29 is 4.79 Å². The number of aryl methyl sites for hydroxylation is 2. The summed E-state index contributed by atoms with van der Waals surface area (Å²) in [6.07, 6.45) is 3.16. The number of tetrazole rings is 1. The molecule has 1 atom stereocenters. The zero-order chi connectivity index (χ0) is 18.6. The maximum Gasteiger partial charge on any atom is 0.230 e. The van der Waals surface area contributed by atoms with Crippen molar-refractivity contribution in [2.75, 3.05) is 5.75 Å². The predicted molar refractivity (Wildman–Crippen MR) is 105 cm³/mol. The number of benzene rings is 2. The van der Waals surface area contributed by atoms with Crippen LogP contribution in [0, 0.1) is 6.92 Å². The van der Waals surface area contributed by atoms with Crippen molar-refractivity contribution in [2.45, 2.75) is 37.4 Å². The fraction of sp³-hybridized carbons (Fsp3) is 0.300. The molecule has 1 aromatic heterocycles. The fourth-order valence-corrected chi connectivity index (χ4v) is 4.09. The van der Waals surface area contributed by atoms with Gasteiger partial charge in [0.05, 0.1) is 17.5 Å². The van der Waals surface area contributed by atoms with Crippen LogP contribution in [0.15, 0.2) is 53.7 Å². The highest BCUT2D eigenvalue weighted by Gasteiger charge is 2.21. The van der Waals surface area contributed by atoms with Crippen molar-refractivity contribution >= 4 is 17.7 Å². The van der Waals surface area contributed by atoms with Crippen molar-refractivity contribution in [2.24, 2.45) is 0 Å². The summed E-state index contributed by atoms with van der Waals surface area (Å²) >= 11 is 1.35. The van der Waals surface area contributed by atoms with Gasteiger partial charge in [-0.2, -0.15) is 4.68 Å². The van der Waals surface area contributed by atoms with Gasteiger partial charge in [-0.05, 0) is 59.9 Å². The number of thioether (sulfide) groups is 1. The van der Waals surface area contributed by atoms with Gasteiger partial charge in [-0.25, -0.2) is 0 Å². The summed E-state index contributed by atoms with van der Waals surface area (Å²) in [7, 11) is 0. The van der Waals surface area contributed by atoms with Crippen LogP contribution < -0.4 is 5.32 Å². The lowest BCUT2D eigenvalue weighted by Crippen LogP contribution is -2.32. The Labute approximate surface area is 162 Å². The number of aromatic nitrogens is 4. The quantitative estimate of drug-likeness (QED) is 0.689. The molecule has 7 heteroatoms. The van der Waals surface area contributed by atoms with Crippen LogP contribution in [0.4, 0.5) is 0 Å². The Morgan fingerprint density at radius 1 is 1.22 bits per heavy atom. The molecule has 0 bridgehead atoms. The largest absolute Gasteiger partial charge is 0.349 e. The molecule has 1 amide bonds. The van der Waals surface area contributed by atoms with E-state index in [1.165, 1.54) is 28.5 Å². The van der Waals surface area contributed by atoms with Gasteiger partial charge in [0.15, 0.2) is 0 Å². The summed E-state index contributed by atoms with van der Waals surface area (Å²) in [6, 6.07) is 16.4. The van der Waals surface area contributed by atoms with E-state index >= 15 is 0 Å². The van der Waals surface area contributed by atoms with Gasteiger partial charge in [0.2, 0.25) is 11.1 Å². The molecule has 27 heavy (non-hydrogen) atoms. The van der Waals surface area contributed by atoms with Gasteiger partial charge in [0.1, 0.15) is 0 Å². The third-order valence-electron chi connectivity index (χ3n) is 4.76. The van der Waals surface area contributed by atoms with E-state index in [0.717, 1.165) is 24.9 Å². The highest BCUT2D eigenvalue weighted by atomic mass is 32.2. The Bertz CT molecular complexity index is 938. The van der Waals surface area contributed by atoms with Gasteiger partial charge < -0.3 is 5.32 Å². The van der Waals surface area contributed by atoms with Crippen LogP contribution in [0.1, 0.15) is 35.6 Å². The normalized spacial score (nSPS) is 16.0. The van der Waals surface area contributed by atoms with E-state index in [-0.39, 0.29) is 17.7 Å². The molecule has 138 valence electrons. The standard InChI is InChI=1S/C20H21N5OS/c1-14-9-11-16(12-10-14)25-20(22-23-24-25)27-13-19(26)21-18-8-4-6-15-5-2-3-7-17(15)18/h2-3,5,7,9-12,18H,4,6,8,13H2,1H3,(H,21,26)/t18-/m1/s1. The molecule has 6 nitrogen and oxygen atoms in total. The van der Waals surface area contributed by atoms with Gasteiger partial charge in [0.25, 0.3) is 0 Å². The van der Waals surface area contributed by atoms with Crippen LogP contribution >= 0.6 is 11.8 Å². The maximum atomic E-state index is 12.5. The first-order chi connectivity index (χ1) is 13.2. The molecule has 0 unspecified atom stereocenters. The average Bonchev–Trinajstić information content (AvgIpc) is 3.16. The molecular formula is C20H21N5OS. The summed E-state index contributed by atoms with van der Waals surface area (Å²) in [5.41, 5.74) is 4.64. The molecule has 1 N–H and O–H groups in total. The van der Waals surface area contributed by atoms with Crippen LogP contribution in [-0.2, 0) is 11.2 Å². The summed E-state index contributed by atoms with van der Waals surface area (Å²) in [5, 5.41) is 15.6. The Morgan fingerprint density at radius 3 is 2.89 bits per heavy atom. The topological polar surface area (TPSA) is 72.7 Å². The number of carbonyl (C=O) groups excluding carboxylic acids is 1. The molecule has 4 rings (SSSR count). The lowest BCUT2D eigenvalue weighted by Gasteiger charge is -2.26. The first kappa shape index (κ1) is 17.7. The number of fused-ring (bicyclic) bond motifs is 1. The molecule has 0 radical (unpaired) electrons. The Kier molecular flexibility index (Phi) is 5.20. The second-order valence-electron chi connectivity index (χ2n) is 6.71. The number of nitrogens with one attached hydrogen (secondary N) is 1. The van der Waals surface area contributed by atoms with Gasteiger partial charge in [0, 0.05) is 0 Å².